The van der Waals surface area contributed by atoms with Crippen molar-refractivity contribution in [1.29, 1.82) is 0 Å². The monoisotopic (exact) mass is 499 g/mol. The number of amides is 1. The van der Waals surface area contributed by atoms with Crippen molar-refractivity contribution in [2.45, 2.75) is 38.8 Å². The second-order valence-electron chi connectivity index (χ2n) is 8.50. The summed E-state index contributed by atoms with van der Waals surface area (Å²) in [5.74, 6) is 1.87. The van der Waals surface area contributed by atoms with Gasteiger partial charge in [0, 0.05) is 34.1 Å². The number of carbonyl (C=O) groups excluding carboxylic acids is 1. The highest BCUT2D eigenvalue weighted by Crippen LogP contribution is 2.33. The van der Waals surface area contributed by atoms with Crippen LogP contribution in [0.3, 0.4) is 0 Å². The molecular formula is C26H30ClN3O3S. The molecule has 180 valence electrons. The molecule has 34 heavy (non-hydrogen) atoms. The van der Waals surface area contributed by atoms with Crippen LogP contribution in [0.1, 0.15) is 50.1 Å². The third-order valence-electron chi connectivity index (χ3n) is 6.30. The minimum atomic E-state index is -0.113. The Morgan fingerprint density at radius 1 is 1.18 bits per heavy atom. The Morgan fingerprint density at radius 3 is 2.68 bits per heavy atom. The molecule has 1 amide bonds. The summed E-state index contributed by atoms with van der Waals surface area (Å²) in [6.07, 6.45) is 4.05. The quantitative estimate of drug-likeness (QED) is 0.447. The van der Waals surface area contributed by atoms with Gasteiger partial charge in [-0.1, -0.05) is 23.7 Å². The maximum Gasteiger partial charge on any atom is 0.251 e. The van der Waals surface area contributed by atoms with Crippen molar-refractivity contribution in [3.05, 3.63) is 74.2 Å². The van der Waals surface area contributed by atoms with Crippen LogP contribution in [0, 0.1) is 6.92 Å². The Hall–Kier alpha value is -2.61. The second-order valence-corrected chi connectivity index (χ2v) is 10.1. The van der Waals surface area contributed by atoms with Gasteiger partial charge in [0.25, 0.3) is 5.91 Å². The van der Waals surface area contributed by atoms with Gasteiger partial charge in [-0.25, -0.2) is 4.98 Å². The van der Waals surface area contributed by atoms with Gasteiger partial charge >= 0.3 is 0 Å². The number of ether oxygens (including phenoxy) is 2. The standard InChI is InChI=1S/C26H30ClN3O3S/c1-17-21(5-4-6-22(17)27)25(31)28-14-20-15-29-26(34-20)19-9-11-30(12-10-19)16-18-7-8-23(32-2)24(13-18)33-3/h4-8,13,15,19H,9-12,14,16H2,1-3H3,(H,28,31). The fourth-order valence-electron chi connectivity index (χ4n) is 4.28. The number of methoxy groups -OCH3 is 2. The number of carbonyl (C=O) groups is 1. The van der Waals surface area contributed by atoms with Crippen molar-refractivity contribution in [1.82, 2.24) is 15.2 Å². The van der Waals surface area contributed by atoms with Gasteiger partial charge in [0.15, 0.2) is 11.5 Å². The number of nitrogens with one attached hydrogen (secondary N) is 1. The summed E-state index contributed by atoms with van der Waals surface area (Å²) in [6.45, 7) is 5.28. The van der Waals surface area contributed by atoms with E-state index >= 15 is 0 Å². The van der Waals surface area contributed by atoms with Crippen molar-refractivity contribution >= 4 is 28.8 Å². The lowest BCUT2D eigenvalue weighted by atomic mass is 9.97. The summed E-state index contributed by atoms with van der Waals surface area (Å²) >= 11 is 7.84. The van der Waals surface area contributed by atoms with Crippen LogP contribution in [-0.2, 0) is 13.1 Å². The van der Waals surface area contributed by atoms with Crippen LogP contribution in [0.25, 0.3) is 0 Å². The lowest BCUT2D eigenvalue weighted by molar-refractivity contribution is 0.0950. The van der Waals surface area contributed by atoms with Gasteiger partial charge in [-0.2, -0.15) is 0 Å². The average molecular weight is 500 g/mol. The molecule has 0 aliphatic carbocycles. The van der Waals surface area contributed by atoms with E-state index in [9.17, 15) is 4.79 Å². The molecule has 0 spiro atoms. The van der Waals surface area contributed by atoms with Gasteiger partial charge in [-0.05, 0) is 68.2 Å². The van der Waals surface area contributed by atoms with Gasteiger partial charge in [0.05, 0.1) is 25.8 Å². The van der Waals surface area contributed by atoms with Gasteiger partial charge in [-0.15, -0.1) is 11.3 Å². The van der Waals surface area contributed by atoms with E-state index in [1.807, 2.05) is 19.2 Å². The molecule has 2 aromatic carbocycles. The van der Waals surface area contributed by atoms with Crippen LogP contribution in [0.5, 0.6) is 11.5 Å². The molecule has 1 N–H and O–H groups in total. The molecular weight excluding hydrogens is 470 g/mol. The SMILES string of the molecule is COc1ccc(CN2CCC(c3ncc(CNC(=O)c4cccc(Cl)c4C)s3)CC2)cc1OC. The summed E-state index contributed by atoms with van der Waals surface area (Å²) in [6, 6.07) is 11.5. The van der Waals surface area contributed by atoms with Gasteiger partial charge < -0.3 is 14.8 Å². The molecule has 4 rings (SSSR count). The van der Waals surface area contributed by atoms with Crippen molar-refractivity contribution in [2.75, 3.05) is 27.3 Å². The first-order chi connectivity index (χ1) is 16.5. The van der Waals surface area contributed by atoms with E-state index in [2.05, 4.69) is 27.3 Å². The molecule has 3 aromatic rings. The minimum absolute atomic E-state index is 0.113. The normalized spacial score (nSPS) is 14.7. The fraction of sp³-hybridized carbons (Fsp3) is 0.385. The van der Waals surface area contributed by atoms with Crippen LogP contribution in [0.2, 0.25) is 5.02 Å². The Labute approximate surface area is 209 Å². The van der Waals surface area contributed by atoms with E-state index in [1.54, 1.807) is 43.8 Å². The molecule has 0 atom stereocenters. The molecule has 8 heteroatoms. The second kappa shape index (κ2) is 11.2. The van der Waals surface area contributed by atoms with Gasteiger partial charge in [0.2, 0.25) is 0 Å². The topological polar surface area (TPSA) is 63.7 Å². The Morgan fingerprint density at radius 2 is 1.94 bits per heavy atom. The molecule has 0 radical (unpaired) electrons. The zero-order valence-electron chi connectivity index (χ0n) is 19.8. The van der Waals surface area contributed by atoms with Gasteiger partial charge in [-0.3, -0.25) is 9.69 Å². The number of piperidine rings is 1. The third-order valence-corrected chi connectivity index (χ3v) is 7.87. The smallest absolute Gasteiger partial charge is 0.251 e. The number of benzene rings is 2. The van der Waals surface area contributed by atoms with E-state index < -0.39 is 0 Å². The maximum absolute atomic E-state index is 12.6. The Balaban J connectivity index is 1.28. The number of aromatic nitrogens is 1. The largest absolute Gasteiger partial charge is 0.493 e. The van der Waals surface area contributed by atoms with Crippen molar-refractivity contribution in [3.8, 4) is 11.5 Å². The molecule has 1 aliphatic rings. The Bertz CT molecular complexity index is 1140. The molecule has 1 aliphatic heterocycles. The van der Waals surface area contributed by atoms with Crippen molar-refractivity contribution in [2.24, 2.45) is 0 Å². The molecule has 2 heterocycles. The number of halogens is 1. The molecule has 6 nitrogen and oxygen atoms in total. The highest BCUT2D eigenvalue weighted by Gasteiger charge is 2.23. The number of nitrogens with zero attached hydrogens (tertiary/aromatic N) is 2. The Kier molecular flexibility index (Phi) is 8.08. The molecule has 0 unspecified atom stereocenters. The average Bonchev–Trinajstić information content (AvgIpc) is 3.33. The summed E-state index contributed by atoms with van der Waals surface area (Å²) in [5, 5.41) is 4.76. The van der Waals surface area contributed by atoms with Crippen molar-refractivity contribution in [3.63, 3.8) is 0 Å². The zero-order valence-corrected chi connectivity index (χ0v) is 21.3. The first-order valence-electron chi connectivity index (χ1n) is 11.4. The summed E-state index contributed by atoms with van der Waals surface area (Å²) in [7, 11) is 3.32. The van der Waals surface area contributed by atoms with E-state index in [-0.39, 0.29) is 5.91 Å². The third kappa shape index (κ3) is 5.71. The van der Waals surface area contributed by atoms with E-state index in [1.165, 1.54) is 5.56 Å². The lowest BCUT2D eigenvalue weighted by Gasteiger charge is -2.31. The number of hydrogen-bond donors (Lipinski definition) is 1. The molecule has 0 saturated carbocycles. The minimum Gasteiger partial charge on any atom is -0.493 e. The first-order valence-corrected chi connectivity index (χ1v) is 12.6. The number of thiazole rings is 1. The summed E-state index contributed by atoms with van der Waals surface area (Å²) in [5.41, 5.74) is 2.63. The fourth-order valence-corrected chi connectivity index (χ4v) is 5.49. The molecule has 1 saturated heterocycles. The van der Waals surface area contributed by atoms with Crippen LogP contribution >= 0.6 is 22.9 Å². The number of likely N-dealkylation sites (tertiary alicyclic amines) is 1. The number of rotatable bonds is 8. The number of hydrogen-bond acceptors (Lipinski definition) is 6. The van der Waals surface area contributed by atoms with Crippen LogP contribution in [0.4, 0.5) is 0 Å². The maximum atomic E-state index is 12.6. The highest BCUT2D eigenvalue weighted by atomic mass is 35.5. The van der Waals surface area contributed by atoms with Crippen molar-refractivity contribution < 1.29 is 14.3 Å². The predicted octanol–water partition coefficient (Wildman–Crippen LogP) is 5.43. The molecule has 1 aromatic heterocycles. The highest BCUT2D eigenvalue weighted by molar-refractivity contribution is 7.11. The lowest BCUT2D eigenvalue weighted by Crippen LogP contribution is -2.32. The molecule has 1 fully saturated rings. The van der Waals surface area contributed by atoms with Crippen LogP contribution in [0.15, 0.2) is 42.6 Å². The van der Waals surface area contributed by atoms with Gasteiger partial charge in [0.1, 0.15) is 0 Å². The van der Waals surface area contributed by atoms with E-state index in [0.717, 1.165) is 59.4 Å². The predicted molar refractivity (Wildman–Crippen MR) is 136 cm³/mol. The summed E-state index contributed by atoms with van der Waals surface area (Å²) < 4.78 is 10.8. The first kappa shape index (κ1) is 24.5. The van der Waals surface area contributed by atoms with Crippen LogP contribution < -0.4 is 14.8 Å². The summed E-state index contributed by atoms with van der Waals surface area (Å²) in [4.78, 5) is 20.8. The van der Waals surface area contributed by atoms with Crippen LogP contribution in [-0.4, -0.2) is 43.1 Å². The van der Waals surface area contributed by atoms with E-state index in [0.29, 0.717) is 23.0 Å². The molecule has 0 bridgehead atoms. The van der Waals surface area contributed by atoms with E-state index in [4.69, 9.17) is 21.1 Å². The zero-order chi connectivity index (χ0) is 24.1.